The number of carbonyl (C=O) groups excluding carboxylic acids is 1. The molecule has 2 N–H and O–H groups in total. The van der Waals surface area contributed by atoms with Gasteiger partial charge in [-0.25, -0.2) is 0 Å². The summed E-state index contributed by atoms with van der Waals surface area (Å²) in [4.78, 5) is 21.3. The van der Waals surface area contributed by atoms with Crippen molar-refractivity contribution in [2.75, 3.05) is 20.8 Å². The standard InChI is InChI=1S/C11H14N2O6/c1-17-9-3-7(6-19-11(14)5-12)8(13(15)16)4-10(9)18-2/h3-4H,5-6,12H2,1-2H3. The first-order chi connectivity index (χ1) is 9.03. The van der Waals surface area contributed by atoms with Gasteiger partial charge in [0.1, 0.15) is 6.61 Å². The van der Waals surface area contributed by atoms with Crippen LogP contribution in [0.5, 0.6) is 11.5 Å². The first kappa shape index (κ1) is 14.7. The first-order valence-corrected chi connectivity index (χ1v) is 5.28. The molecule has 0 bridgehead atoms. The van der Waals surface area contributed by atoms with Gasteiger partial charge in [0, 0.05) is 0 Å². The minimum Gasteiger partial charge on any atom is -0.493 e. The molecule has 1 aromatic rings. The zero-order chi connectivity index (χ0) is 14.4. The van der Waals surface area contributed by atoms with Gasteiger partial charge in [0.05, 0.1) is 37.3 Å². The largest absolute Gasteiger partial charge is 0.493 e. The Kier molecular flexibility index (Phi) is 5.07. The van der Waals surface area contributed by atoms with Crippen molar-refractivity contribution < 1.29 is 23.9 Å². The van der Waals surface area contributed by atoms with Crippen LogP contribution < -0.4 is 15.2 Å². The molecule has 104 valence electrons. The number of benzene rings is 1. The Morgan fingerprint density at radius 1 is 1.32 bits per heavy atom. The number of hydrogen-bond donors (Lipinski definition) is 1. The second-order valence-corrected chi connectivity index (χ2v) is 3.46. The quantitative estimate of drug-likeness (QED) is 0.457. The van der Waals surface area contributed by atoms with Crippen molar-refractivity contribution in [2.24, 2.45) is 5.73 Å². The first-order valence-electron chi connectivity index (χ1n) is 5.28. The van der Waals surface area contributed by atoms with E-state index in [9.17, 15) is 14.9 Å². The van der Waals surface area contributed by atoms with Crippen molar-refractivity contribution in [1.82, 2.24) is 0 Å². The second-order valence-electron chi connectivity index (χ2n) is 3.46. The third kappa shape index (κ3) is 3.55. The molecular weight excluding hydrogens is 256 g/mol. The Bertz CT molecular complexity index is 488. The molecule has 0 aromatic heterocycles. The van der Waals surface area contributed by atoms with E-state index < -0.39 is 10.9 Å². The van der Waals surface area contributed by atoms with Crippen LogP contribution in [-0.4, -0.2) is 31.7 Å². The lowest BCUT2D eigenvalue weighted by atomic mass is 10.1. The van der Waals surface area contributed by atoms with Crippen LogP contribution in [0.1, 0.15) is 5.56 Å². The molecule has 0 atom stereocenters. The Labute approximate surface area is 109 Å². The molecule has 0 unspecified atom stereocenters. The highest BCUT2D eigenvalue weighted by atomic mass is 16.6. The summed E-state index contributed by atoms with van der Waals surface area (Å²) in [5.41, 5.74) is 5.06. The molecule has 8 nitrogen and oxygen atoms in total. The van der Waals surface area contributed by atoms with Crippen molar-refractivity contribution in [3.63, 3.8) is 0 Å². The van der Waals surface area contributed by atoms with Crippen LogP contribution in [0.4, 0.5) is 5.69 Å². The predicted octanol–water partition coefficient (Wildman–Crippen LogP) is 0.614. The third-order valence-electron chi connectivity index (χ3n) is 2.34. The molecule has 0 heterocycles. The van der Waals surface area contributed by atoms with Gasteiger partial charge < -0.3 is 19.9 Å². The summed E-state index contributed by atoms with van der Waals surface area (Å²) in [6.07, 6.45) is 0. The molecule has 1 aromatic carbocycles. The number of nitro benzene ring substituents is 1. The van der Waals surface area contributed by atoms with E-state index >= 15 is 0 Å². The maximum atomic E-state index is 11.0. The minimum absolute atomic E-state index is 0.199. The SMILES string of the molecule is COc1cc(COC(=O)CN)c([N+](=O)[O-])cc1OC. The van der Waals surface area contributed by atoms with Gasteiger partial charge in [0.2, 0.25) is 0 Å². The summed E-state index contributed by atoms with van der Waals surface area (Å²) < 4.78 is 14.8. The molecule has 0 aliphatic rings. The van der Waals surface area contributed by atoms with E-state index in [1.54, 1.807) is 0 Å². The molecule has 0 radical (unpaired) electrons. The van der Waals surface area contributed by atoms with Crippen LogP contribution in [0.15, 0.2) is 12.1 Å². The van der Waals surface area contributed by atoms with Crippen LogP contribution >= 0.6 is 0 Å². The van der Waals surface area contributed by atoms with Gasteiger partial charge >= 0.3 is 5.97 Å². The van der Waals surface area contributed by atoms with E-state index in [1.807, 2.05) is 0 Å². The molecular formula is C11H14N2O6. The number of hydrogen-bond acceptors (Lipinski definition) is 7. The molecule has 0 saturated heterocycles. The average molecular weight is 270 g/mol. The molecule has 0 spiro atoms. The van der Waals surface area contributed by atoms with E-state index in [0.29, 0.717) is 5.75 Å². The van der Waals surface area contributed by atoms with E-state index in [-0.39, 0.29) is 30.2 Å². The van der Waals surface area contributed by atoms with Gasteiger partial charge in [-0.1, -0.05) is 0 Å². The van der Waals surface area contributed by atoms with Crippen LogP contribution in [0.25, 0.3) is 0 Å². The lowest BCUT2D eigenvalue weighted by Gasteiger charge is -2.10. The van der Waals surface area contributed by atoms with E-state index in [0.717, 1.165) is 0 Å². The highest BCUT2D eigenvalue weighted by Gasteiger charge is 2.20. The lowest BCUT2D eigenvalue weighted by molar-refractivity contribution is -0.385. The fourth-order valence-corrected chi connectivity index (χ4v) is 1.41. The molecule has 0 aliphatic carbocycles. The molecule has 0 fully saturated rings. The van der Waals surface area contributed by atoms with Crippen molar-refractivity contribution >= 4 is 11.7 Å². The topological polar surface area (TPSA) is 114 Å². The zero-order valence-electron chi connectivity index (χ0n) is 10.5. The van der Waals surface area contributed by atoms with Crippen molar-refractivity contribution in [2.45, 2.75) is 6.61 Å². The fraction of sp³-hybridized carbons (Fsp3) is 0.364. The minimum atomic E-state index is -0.649. The maximum absolute atomic E-state index is 11.0. The summed E-state index contributed by atoms with van der Waals surface area (Å²) in [5.74, 6) is -0.112. The number of nitro groups is 1. The highest BCUT2D eigenvalue weighted by molar-refractivity contribution is 5.71. The monoisotopic (exact) mass is 270 g/mol. The summed E-state index contributed by atoms with van der Waals surface area (Å²) in [6.45, 7) is -0.548. The van der Waals surface area contributed by atoms with Gasteiger partial charge in [-0.05, 0) is 6.07 Å². The van der Waals surface area contributed by atoms with Gasteiger partial charge in [0.15, 0.2) is 11.5 Å². The zero-order valence-corrected chi connectivity index (χ0v) is 10.5. The van der Waals surface area contributed by atoms with E-state index in [2.05, 4.69) is 0 Å². The molecule has 1 rings (SSSR count). The van der Waals surface area contributed by atoms with E-state index in [4.69, 9.17) is 19.9 Å². The number of carbonyl (C=O) groups is 1. The Balaban J connectivity index is 3.12. The summed E-state index contributed by atoms with van der Waals surface area (Å²) in [7, 11) is 2.77. The van der Waals surface area contributed by atoms with Crippen LogP contribution in [-0.2, 0) is 16.1 Å². The molecule has 0 aliphatic heterocycles. The lowest BCUT2D eigenvalue weighted by Crippen LogP contribution is -2.16. The maximum Gasteiger partial charge on any atom is 0.320 e. The number of esters is 1. The second kappa shape index (κ2) is 6.55. The number of rotatable bonds is 6. The van der Waals surface area contributed by atoms with Gasteiger partial charge in [-0.3, -0.25) is 14.9 Å². The van der Waals surface area contributed by atoms with Crippen LogP contribution in [0.3, 0.4) is 0 Å². The number of methoxy groups -OCH3 is 2. The summed E-state index contributed by atoms with van der Waals surface area (Å²) >= 11 is 0. The average Bonchev–Trinajstić information content (AvgIpc) is 2.43. The van der Waals surface area contributed by atoms with Crippen molar-refractivity contribution in [3.05, 3.63) is 27.8 Å². The normalized spacial score (nSPS) is 9.84. The Morgan fingerprint density at radius 3 is 2.37 bits per heavy atom. The molecule has 19 heavy (non-hydrogen) atoms. The molecule has 0 saturated carbocycles. The van der Waals surface area contributed by atoms with Gasteiger partial charge in [-0.15, -0.1) is 0 Å². The van der Waals surface area contributed by atoms with E-state index in [1.165, 1.54) is 26.4 Å². The van der Waals surface area contributed by atoms with Gasteiger partial charge in [0.25, 0.3) is 5.69 Å². The van der Waals surface area contributed by atoms with Gasteiger partial charge in [-0.2, -0.15) is 0 Å². The Morgan fingerprint density at radius 2 is 1.89 bits per heavy atom. The molecule has 0 amide bonds. The highest BCUT2D eigenvalue weighted by Crippen LogP contribution is 2.34. The third-order valence-corrected chi connectivity index (χ3v) is 2.34. The Hall–Kier alpha value is -2.35. The molecule has 8 heteroatoms. The number of nitrogens with zero attached hydrogens (tertiary/aromatic N) is 1. The van der Waals surface area contributed by atoms with Crippen molar-refractivity contribution in [1.29, 1.82) is 0 Å². The number of ether oxygens (including phenoxy) is 3. The van der Waals surface area contributed by atoms with Crippen LogP contribution in [0.2, 0.25) is 0 Å². The van der Waals surface area contributed by atoms with Crippen LogP contribution in [0, 0.1) is 10.1 Å². The fourth-order valence-electron chi connectivity index (χ4n) is 1.41. The number of nitrogens with two attached hydrogens (primary N) is 1. The van der Waals surface area contributed by atoms with Crippen molar-refractivity contribution in [3.8, 4) is 11.5 Å². The smallest absolute Gasteiger partial charge is 0.320 e. The predicted molar refractivity (Wildman–Crippen MR) is 65.1 cm³/mol. The summed E-state index contributed by atoms with van der Waals surface area (Å²) in [6, 6.07) is 2.60. The summed E-state index contributed by atoms with van der Waals surface area (Å²) in [5, 5.41) is 10.9.